The Labute approximate surface area is 208 Å². The van der Waals surface area contributed by atoms with Gasteiger partial charge in [-0.05, 0) is 20.8 Å². The van der Waals surface area contributed by atoms with Crippen molar-refractivity contribution in [3.8, 4) is 0 Å². The Morgan fingerprint density at radius 2 is 1.26 bits per heavy atom. The lowest BCUT2D eigenvalue weighted by molar-refractivity contribution is -0.157. The normalized spacial score (nSPS) is 10.8. The van der Waals surface area contributed by atoms with Crippen LogP contribution < -0.4 is 0 Å². The van der Waals surface area contributed by atoms with Crippen molar-refractivity contribution in [2.75, 3.05) is 39.6 Å². The summed E-state index contributed by atoms with van der Waals surface area (Å²) in [7, 11) is 0. The molecule has 3 N–H and O–H groups in total. The maximum Gasteiger partial charge on any atom is 0.333 e. The van der Waals surface area contributed by atoms with Crippen LogP contribution in [0.4, 0.5) is 0 Å². The number of rotatable bonds is 15. The zero-order chi connectivity index (χ0) is 27.1. The molecular formula is C25H42O10. The number of aliphatic hydroxyl groups excluding tert-OH is 2. The summed E-state index contributed by atoms with van der Waals surface area (Å²) in [6.45, 7) is 22.2. The fraction of sp³-hybridized carbons (Fsp3) is 0.480. The predicted octanol–water partition coefficient (Wildman–Crippen LogP) is 2.62. The number of carboxylic acid groups (broad SMARTS) is 1. The van der Waals surface area contributed by atoms with Gasteiger partial charge in [0.1, 0.15) is 12.7 Å². The molecule has 0 saturated carbocycles. The van der Waals surface area contributed by atoms with Crippen molar-refractivity contribution < 1.29 is 48.7 Å². The number of carboxylic acids is 1. The fourth-order valence-corrected chi connectivity index (χ4v) is 1.28. The number of ether oxygens (including phenoxy) is 4. The van der Waals surface area contributed by atoms with Gasteiger partial charge in [-0.1, -0.05) is 39.3 Å². The summed E-state index contributed by atoms with van der Waals surface area (Å²) in [6, 6.07) is 0. The van der Waals surface area contributed by atoms with Crippen LogP contribution in [0.3, 0.4) is 0 Å². The van der Waals surface area contributed by atoms with Crippen LogP contribution in [0.15, 0.2) is 61.8 Å². The van der Waals surface area contributed by atoms with Crippen molar-refractivity contribution in [2.45, 2.75) is 40.4 Å². The van der Waals surface area contributed by atoms with E-state index in [1.54, 1.807) is 12.2 Å². The third-order valence-electron chi connectivity index (χ3n) is 3.03. The summed E-state index contributed by atoms with van der Waals surface area (Å²) in [4.78, 5) is 32.3. The molecule has 0 aliphatic carbocycles. The highest BCUT2D eigenvalue weighted by Gasteiger charge is 2.18. The lowest BCUT2D eigenvalue weighted by Gasteiger charge is -2.17. The molecule has 202 valence electrons. The Morgan fingerprint density at radius 3 is 1.60 bits per heavy atom. The predicted molar refractivity (Wildman–Crippen MR) is 135 cm³/mol. The molecule has 0 aliphatic heterocycles. The van der Waals surface area contributed by atoms with Gasteiger partial charge in [-0.15, -0.1) is 13.2 Å². The smallest absolute Gasteiger partial charge is 0.333 e. The minimum Gasteiger partial charge on any atom is -0.478 e. The third-order valence-corrected chi connectivity index (χ3v) is 3.03. The number of carbonyl (C=O) groups is 3. The highest BCUT2D eigenvalue weighted by molar-refractivity contribution is 5.87. The van der Waals surface area contributed by atoms with Gasteiger partial charge in [-0.2, -0.15) is 0 Å². The molecule has 10 heteroatoms. The number of hydrogen-bond acceptors (Lipinski definition) is 9. The van der Waals surface area contributed by atoms with Crippen molar-refractivity contribution >= 4 is 17.9 Å². The van der Waals surface area contributed by atoms with Crippen LogP contribution in [0, 0.1) is 0 Å². The van der Waals surface area contributed by atoms with Gasteiger partial charge in [-0.25, -0.2) is 14.4 Å². The molecule has 10 nitrogen and oxygen atoms in total. The average molecular weight is 503 g/mol. The quantitative estimate of drug-likeness (QED) is 0.132. The zero-order valence-electron chi connectivity index (χ0n) is 20.3. The Hall–Kier alpha value is -3.05. The van der Waals surface area contributed by atoms with Crippen LogP contribution in [-0.4, -0.2) is 85.1 Å². The van der Waals surface area contributed by atoms with Crippen molar-refractivity contribution in [3.63, 3.8) is 0 Å². The van der Waals surface area contributed by atoms with E-state index in [1.807, 2.05) is 0 Å². The molecule has 0 heterocycles. The summed E-state index contributed by atoms with van der Waals surface area (Å²) < 4.78 is 20.0. The number of aliphatic carboxylic acids is 1. The van der Waals surface area contributed by atoms with Gasteiger partial charge in [0.2, 0.25) is 0 Å². The summed E-state index contributed by atoms with van der Waals surface area (Å²) in [5, 5.41) is 24.8. The molecule has 0 aromatic carbocycles. The second kappa shape index (κ2) is 25.6. The van der Waals surface area contributed by atoms with Gasteiger partial charge < -0.3 is 34.3 Å². The van der Waals surface area contributed by atoms with E-state index in [4.69, 9.17) is 34.3 Å². The fourth-order valence-electron chi connectivity index (χ4n) is 1.28. The van der Waals surface area contributed by atoms with Crippen LogP contribution in [0.2, 0.25) is 0 Å². The van der Waals surface area contributed by atoms with Crippen molar-refractivity contribution in [1.82, 2.24) is 0 Å². The van der Waals surface area contributed by atoms with Crippen LogP contribution in [0.1, 0.15) is 28.2 Å². The first-order valence-electron chi connectivity index (χ1n) is 10.1. The molecule has 2 unspecified atom stereocenters. The van der Waals surface area contributed by atoms with E-state index in [1.165, 1.54) is 20.8 Å². The lowest BCUT2D eigenvalue weighted by atomic mass is 10.3. The molecule has 0 aliphatic rings. The number of carbonyl (C=O) groups excluding carboxylic acids is 2. The topological polar surface area (TPSA) is 149 Å². The minimum absolute atomic E-state index is 0. The second-order valence-electron chi connectivity index (χ2n) is 6.76. The highest BCUT2D eigenvalue weighted by Crippen LogP contribution is 2.03. The Morgan fingerprint density at radius 1 is 0.829 bits per heavy atom. The average Bonchev–Trinajstić information content (AvgIpc) is 2.77. The first kappa shape index (κ1) is 39.2. The molecule has 0 amide bonds. The zero-order valence-corrected chi connectivity index (χ0v) is 20.3. The van der Waals surface area contributed by atoms with E-state index in [2.05, 4.69) is 32.9 Å². The molecule has 2 atom stereocenters. The Bertz CT molecular complexity index is 670. The Balaban J connectivity index is -0.000000249. The van der Waals surface area contributed by atoms with Gasteiger partial charge in [-0.3, -0.25) is 0 Å². The number of aliphatic hydroxyl groups is 2. The van der Waals surface area contributed by atoms with E-state index in [0.717, 1.165) is 0 Å². The molecule has 0 aromatic heterocycles. The minimum atomic E-state index is -0.935. The molecule has 35 heavy (non-hydrogen) atoms. The molecule has 0 radical (unpaired) electrons. The standard InChI is InChI=1S/C14H20O5.C6H12O3.C4H6O2.CH4/c1-6-7-17-8-12(19-14(16)11(4)5)9-18-13(15)10(2)3;1-2-3-9-5-6(8)4-7;1-3(2)4(5)6;/h6,12H,1-2,4,7-9H2,3,5H3;2,6-8H,1,3-5H2;1H2,2H3,(H,5,6);1H4. The SMILES string of the molecule is C.C=C(C)C(=O)O.C=CCOCC(COC(=O)C(=C)C)OC(=O)C(=C)C.C=CCOCC(O)CO. The molecule has 0 aromatic rings. The maximum atomic E-state index is 11.4. The van der Waals surface area contributed by atoms with Gasteiger partial charge in [0.25, 0.3) is 0 Å². The summed E-state index contributed by atoms with van der Waals surface area (Å²) in [5.74, 6) is -2.03. The van der Waals surface area contributed by atoms with Gasteiger partial charge >= 0.3 is 17.9 Å². The second-order valence-corrected chi connectivity index (χ2v) is 6.76. The van der Waals surface area contributed by atoms with Crippen molar-refractivity contribution in [3.05, 3.63) is 61.8 Å². The molecule has 0 saturated heterocycles. The summed E-state index contributed by atoms with van der Waals surface area (Å²) >= 11 is 0. The first-order valence-corrected chi connectivity index (χ1v) is 10.1. The highest BCUT2D eigenvalue weighted by atomic mass is 16.6. The molecule has 0 spiro atoms. The van der Waals surface area contributed by atoms with Crippen LogP contribution >= 0.6 is 0 Å². The molecule has 0 bridgehead atoms. The summed E-state index contributed by atoms with van der Waals surface area (Å²) in [6.07, 6.45) is 1.71. The monoisotopic (exact) mass is 502 g/mol. The number of esters is 2. The lowest BCUT2D eigenvalue weighted by Crippen LogP contribution is -2.30. The third kappa shape index (κ3) is 28.9. The van der Waals surface area contributed by atoms with E-state index in [0.29, 0.717) is 13.2 Å². The number of hydrogen-bond donors (Lipinski definition) is 3. The molecule has 0 rings (SSSR count). The summed E-state index contributed by atoms with van der Waals surface area (Å²) in [5.41, 5.74) is 0.715. The van der Waals surface area contributed by atoms with Gasteiger partial charge in [0, 0.05) is 16.7 Å². The van der Waals surface area contributed by atoms with E-state index < -0.39 is 30.1 Å². The van der Waals surface area contributed by atoms with E-state index in [-0.39, 0.29) is 50.6 Å². The van der Waals surface area contributed by atoms with E-state index >= 15 is 0 Å². The van der Waals surface area contributed by atoms with Crippen LogP contribution in [0.25, 0.3) is 0 Å². The largest absolute Gasteiger partial charge is 0.478 e. The first-order chi connectivity index (χ1) is 15.8. The van der Waals surface area contributed by atoms with E-state index in [9.17, 15) is 14.4 Å². The van der Waals surface area contributed by atoms with Crippen molar-refractivity contribution in [2.24, 2.45) is 0 Å². The van der Waals surface area contributed by atoms with Gasteiger partial charge in [0.15, 0.2) is 6.10 Å². The molecule has 0 fully saturated rings. The van der Waals surface area contributed by atoms with Crippen LogP contribution in [0.5, 0.6) is 0 Å². The van der Waals surface area contributed by atoms with Crippen LogP contribution in [-0.2, 0) is 33.3 Å². The molecular weight excluding hydrogens is 460 g/mol. The van der Waals surface area contributed by atoms with Gasteiger partial charge in [0.05, 0.1) is 33.0 Å². The Kier molecular flexibility index (Phi) is 28.6. The van der Waals surface area contributed by atoms with Crippen molar-refractivity contribution in [1.29, 1.82) is 0 Å². The maximum absolute atomic E-state index is 11.4.